The SMILES string of the molecule is CNC[C@H](CCCCCC(=O)CC(=O)/C=C(\CO)c1cc(OC)c(O)cc1Cc1cnc(N)cc1CCc1cccc(CCc2ccccc2)c1)CCCC(C)C. The lowest BCUT2D eigenvalue weighted by molar-refractivity contribution is -0.124. The predicted octanol–water partition coefficient (Wildman–Crippen LogP) is 9.06. The number of carbonyl (C=O) groups is 2. The van der Waals surface area contributed by atoms with Gasteiger partial charge in [-0.3, -0.25) is 9.59 Å². The molecule has 0 saturated carbocycles. The van der Waals surface area contributed by atoms with Gasteiger partial charge in [-0.1, -0.05) is 94.1 Å². The molecule has 1 aromatic heterocycles. The fourth-order valence-corrected chi connectivity index (χ4v) is 7.63. The van der Waals surface area contributed by atoms with Gasteiger partial charge in [-0.25, -0.2) is 4.98 Å². The highest BCUT2D eigenvalue weighted by Crippen LogP contribution is 2.35. The summed E-state index contributed by atoms with van der Waals surface area (Å²) in [5.74, 6) is 1.50. The van der Waals surface area contributed by atoms with Crippen LogP contribution < -0.4 is 15.8 Å². The lowest BCUT2D eigenvalue weighted by Gasteiger charge is -2.17. The molecule has 57 heavy (non-hydrogen) atoms. The first-order valence-electron chi connectivity index (χ1n) is 20.8. The number of benzene rings is 3. The van der Waals surface area contributed by atoms with E-state index in [2.05, 4.69) is 72.7 Å². The molecular weight excluding hydrogens is 711 g/mol. The van der Waals surface area contributed by atoms with Gasteiger partial charge in [0.2, 0.25) is 0 Å². The Morgan fingerprint density at radius 2 is 1.53 bits per heavy atom. The largest absolute Gasteiger partial charge is 0.504 e. The van der Waals surface area contributed by atoms with Gasteiger partial charge in [0.05, 0.1) is 20.1 Å². The zero-order valence-corrected chi connectivity index (χ0v) is 34.7. The van der Waals surface area contributed by atoms with Crippen molar-refractivity contribution in [3.05, 3.63) is 124 Å². The van der Waals surface area contributed by atoms with Crippen LogP contribution in [0.4, 0.5) is 5.82 Å². The molecule has 0 aliphatic heterocycles. The van der Waals surface area contributed by atoms with Crippen LogP contribution in [0.15, 0.2) is 85.1 Å². The number of nitrogens with zero attached hydrogens (tertiary/aromatic N) is 1. The number of pyridine rings is 1. The first kappa shape index (κ1) is 44.9. The van der Waals surface area contributed by atoms with Crippen molar-refractivity contribution in [3.63, 3.8) is 0 Å². The Hall–Kier alpha value is -4.79. The van der Waals surface area contributed by atoms with Gasteiger partial charge in [-0.05, 0) is 146 Å². The molecule has 1 atom stereocenters. The molecule has 0 aliphatic carbocycles. The van der Waals surface area contributed by atoms with Crippen LogP contribution >= 0.6 is 0 Å². The van der Waals surface area contributed by atoms with E-state index in [1.54, 1.807) is 18.3 Å². The van der Waals surface area contributed by atoms with E-state index >= 15 is 0 Å². The molecule has 4 rings (SSSR count). The molecule has 0 fully saturated rings. The number of hydrogen-bond acceptors (Lipinski definition) is 8. The minimum Gasteiger partial charge on any atom is -0.504 e. The van der Waals surface area contributed by atoms with Crippen molar-refractivity contribution < 1.29 is 24.5 Å². The van der Waals surface area contributed by atoms with Crippen LogP contribution in [0, 0.1) is 11.8 Å². The van der Waals surface area contributed by atoms with E-state index in [0.717, 1.165) is 75.0 Å². The number of methoxy groups -OCH3 is 1. The Bertz CT molecular complexity index is 1890. The average molecular weight is 776 g/mol. The molecule has 0 amide bonds. The van der Waals surface area contributed by atoms with Gasteiger partial charge < -0.3 is 26.0 Å². The van der Waals surface area contributed by atoms with E-state index < -0.39 is 6.61 Å². The van der Waals surface area contributed by atoms with Crippen LogP contribution in [-0.4, -0.2) is 54.1 Å². The number of aryl methyl sites for hydroxylation is 4. The molecule has 0 unspecified atom stereocenters. The molecular formula is C49H65N3O5. The first-order valence-corrected chi connectivity index (χ1v) is 20.8. The van der Waals surface area contributed by atoms with Gasteiger partial charge in [0.25, 0.3) is 0 Å². The monoisotopic (exact) mass is 775 g/mol. The Morgan fingerprint density at radius 1 is 0.825 bits per heavy atom. The number of ketones is 2. The zero-order valence-electron chi connectivity index (χ0n) is 34.7. The number of anilines is 1. The highest BCUT2D eigenvalue weighted by atomic mass is 16.5. The predicted molar refractivity (Wildman–Crippen MR) is 233 cm³/mol. The van der Waals surface area contributed by atoms with E-state index in [0.29, 0.717) is 41.3 Å². The standard InChI is InChI=1S/C49H65N3O5/c1-35(2)13-11-19-39(32-51-3)16-9-6-10-20-44(54)30-45(55)27-43(34-53)46-31-48(57-4)47(56)28-41(46)26-42-33-52-49(50)29-40(42)24-23-38-18-12-17-37(25-38)22-21-36-14-7-5-8-15-36/h5,7-8,12,14-15,17-18,25,27-29,31,33,35,39,51,53,56H,6,9-11,13,16,19-24,26,30,32,34H2,1-4H3,(H2,50,52)/b43-27+/t39-/m1/s1. The Kier molecular flexibility index (Phi) is 19.0. The number of hydrogen-bond donors (Lipinski definition) is 4. The second kappa shape index (κ2) is 24.1. The second-order valence-corrected chi connectivity index (χ2v) is 15.9. The highest BCUT2D eigenvalue weighted by molar-refractivity contribution is 6.07. The van der Waals surface area contributed by atoms with Crippen LogP contribution in [0.25, 0.3) is 5.57 Å². The quantitative estimate of drug-likeness (QED) is 0.0282. The molecule has 3 aromatic carbocycles. The number of aliphatic hydroxyl groups is 1. The molecule has 5 N–H and O–H groups in total. The van der Waals surface area contributed by atoms with E-state index in [4.69, 9.17) is 10.5 Å². The maximum atomic E-state index is 13.2. The number of Topliss-reactive ketones (excluding diaryl/α,β-unsaturated/α-hetero) is 1. The molecule has 0 aliphatic rings. The number of phenolic OH excluding ortho intramolecular Hbond substituents is 1. The van der Waals surface area contributed by atoms with Crippen LogP contribution in [0.2, 0.25) is 0 Å². The molecule has 306 valence electrons. The van der Waals surface area contributed by atoms with Gasteiger partial charge in [-0.15, -0.1) is 0 Å². The lowest BCUT2D eigenvalue weighted by atomic mass is 9.91. The lowest BCUT2D eigenvalue weighted by Crippen LogP contribution is -2.19. The summed E-state index contributed by atoms with van der Waals surface area (Å²) < 4.78 is 5.42. The number of aromatic nitrogens is 1. The number of nitrogens with one attached hydrogen (secondary N) is 1. The summed E-state index contributed by atoms with van der Waals surface area (Å²) in [4.78, 5) is 30.5. The van der Waals surface area contributed by atoms with Gasteiger partial charge >= 0.3 is 0 Å². The third kappa shape index (κ3) is 15.6. The van der Waals surface area contributed by atoms with Gasteiger partial charge in [0.1, 0.15) is 11.6 Å². The number of rotatable bonds is 26. The molecule has 0 saturated heterocycles. The van der Waals surface area contributed by atoms with Crippen LogP contribution in [0.1, 0.15) is 111 Å². The minimum atomic E-state index is -0.431. The summed E-state index contributed by atoms with van der Waals surface area (Å²) >= 11 is 0. The molecule has 4 aromatic rings. The molecule has 0 bridgehead atoms. The summed E-state index contributed by atoms with van der Waals surface area (Å²) in [5.41, 5.74) is 13.6. The number of phenols is 1. The number of unbranched alkanes of at least 4 members (excludes halogenated alkanes) is 2. The summed E-state index contributed by atoms with van der Waals surface area (Å²) in [6, 6.07) is 24.3. The smallest absolute Gasteiger partial charge is 0.163 e. The number of nitrogens with two attached hydrogens (primary N) is 1. The van der Waals surface area contributed by atoms with Crippen LogP contribution in [0.3, 0.4) is 0 Å². The Morgan fingerprint density at radius 3 is 2.23 bits per heavy atom. The molecule has 1 heterocycles. The number of nitrogen functional groups attached to an aromatic ring is 1. The number of aromatic hydroxyl groups is 1. The van der Waals surface area contributed by atoms with E-state index in [1.165, 1.54) is 49.1 Å². The molecule has 8 heteroatoms. The maximum Gasteiger partial charge on any atom is 0.163 e. The normalized spacial score (nSPS) is 12.2. The number of allylic oxidation sites excluding steroid dienone is 1. The third-order valence-corrected chi connectivity index (χ3v) is 10.8. The minimum absolute atomic E-state index is 0.0554. The summed E-state index contributed by atoms with van der Waals surface area (Å²) in [6.07, 6.45) is 14.8. The first-order chi connectivity index (χ1) is 27.6. The van der Waals surface area contributed by atoms with Gasteiger partial charge in [-0.2, -0.15) is 0 Å². The van der Waals surface area contributed by atoms with Crippen molar-refractivity contribution >= 4 is 23.0 Å². The Labute approximate surface area is 341 Å². The maximum absolute atomic E-state index is 13.2. The van der Waals surface area contributed by atoms with Gasteiger partial charge in [0.15, 0.2) is 17.3 Å². The summed E-state index contributed by atoms with van der Waals surface area (Å²) in [7, 11) is 3.46. The van der Waals surface area contributed by atoms with Crippen molar-refractivity contribution in [2.75, 3.05) is 33.0 Å². The van der Waals surface area contributed by atoms with E-state index in [9.17, 15) is 19.8 Å². The van der Waals surface area contributed by atoms with Crippen molar-refractivity contribution in [2.45, 2.75) is 104 Å². The fraction of sp³-hybridized carbons (Fsp3) is 0.449. The summed E-state index contributed by atoms with van der Waals surface area (Å²) in [6.45, 7) is 5.12. The zero-order chi connectivity index (χ0) is 41.0. The van der Waals surface area contributed by atoms with Crippen LogP contribution in [0.5, 0.6) is 11.5 Å². The van der Waals surface area contributed by atoms with Crippen molar-refractivity contribution in [2.24, 2.45) is 11.8 Å². The topological polar surface area (TPSA) is 135 Å². The van der Waals surface area contributed by atoms with Gasteiger partial charge in [0, 0.05) is 12.6 Å². The Balaban J connectivity index is 1.40. The van der Waals surface area contributed by atoms with Crippen molar-refractivity contribution in [1.29, 1.82) is 0 Å². The average Bonchev–Trinajstić information content (AvgIpc) is 3.19. The fourth-order valence-electron chi connectivity index (χ4n) is 7.63. The number of aliphatic hydroxyl groups excluding tert-OH is 1. The molecule has 8 nitrogen and oxygen atoms in total. The number of ether oxygens (including phenoxy) is 1. The highest BCUT2D eigenvalue weighted by Gasteiger charge is 2.18. The summed E-state index contributed by atoms with van der Waals surface area (Å²) in [5, 5.41) is 24.7. The molecule has 0 radical (unpaired) electrons. The third-order valence-electron chi connectivity index (χ3n) is 10.8. The van der Waals surface area contributed by atoms with Crippen molar-refractivity contribution in [3.8, 4) is 11.5 Å². The van der Waals surface area contributed by atoms with Crippen LogP contribution in [-0.2, 0) is 41.7 Å². The number of carbonyl (C=O) groups excluding carboxylic acids is 2. The van der Waals surface area contributed by atoms with E-state index in [-0.39, 0.29) is 29.5 Å². The van der Waals surface area contributed by atoms with Crippen molar-refractivity contribution in [1.82, 2.24) is 10.3 Å². The van der Waals surface area contributed by atoms with E-state index in [1.807, 2.05) is 19.2 Å². The molecule has 0 spiro atoms. The second-order valence-electron chi connectivity index (χ2n) is 15.9.